The van der Waals surface area contributed by atoms with E-state index in [1.165, 1.54) is 11.1 Å². The summed E-state index contributed by atoms with van der Waals surface area (Å²) in [4.78, 5) is 2.65. The Morgan fingerprint density at radius 1 is 1.04 bits per heavy atom. The normalized spacial score (nSPS) is 17.0. The first-order valence-corrected chi connectivity index (χ1v) is 10.6. The number of methoxy groups -OCH3 is 2. The van der Waals surface area contributed by atoms with Crippen molar-refractivity contribution in [3.05, 3.63) is 53.1 Å². The first-order valence-electron chi connectivity index (χ1n) is 9.08. The topological polar surface area (TPSA) is 55.8 Å². The van der Waals surface area contributed by atoms with E-state index in [0.29, 0.717) is 10.6 Å². The van der Waals surface area contributed by atoms with Gasteiger partial charge in [-0.2, -0.15) is 0 Å². The lowest BCUT2D eigenvalue weighted by Crippen LogP contribution is -2.33. The molecule has 1 unspecified atom stereocenters. The highest BCUT2D eigenvalue weighted by molar-refractivity contribution is 7.92. The monoisotopic (exact) mass is 425 g/mol. The van der Waals surface area contributed by atoms with Crippen molar-refractivity contribution in [3.63, 3.8) is 0 Å². The fourth-order valence-corrected chi connectivity index (χ4v) is 4.68. The average molecular weight is 426 g/mol. The van der Waals surface area contributed by atoms with Crippen molar-refractivity contribution in [2.45, 2.75) is 36.5 Å². The molecule has 154 valence electrons. The molecule has 1 heterocycles. The summed E-state index contributed by atoms with van der Waals surface area (Å²) < 4.78 is 35.7. The van der Waals surface area contributed by atoms with Crippen molar-refractivity contribution < 1.29 is 17.9 Å². The Labute approximate surface area is 174 Å². The highest BCUT2D eigenvalue weighted by atomic mass is 35.5. The smallest absolute Gasteiger partial charge is 0.180 e. The van der Waals surface area contributed by atoms with Crippen LogP contribution >= 0.6 is 12.4 Å². The van der Waals surface area contributed by atoms with Gasteiger partial charge >= 0.3 is 0 Å². The van der Waals surface area contributed by atoms with Crippen molar-refractivity contribution in [1.82, 2.24) is 4.90 Å². The zero-order valence-electron chi connectivity index (χ0n) is 16.9. The summed E-state index contributed by atoms with van der Waals surface area (Å²) in [6, 6.07) is 11.4. The molecule has 0 spiro atoms. The Balaban J connectivity index is 0.00000280. The van der Waals surface area contributed by atoms with E-state index in [-0.39, 0.29) is 18.4 Å². The molecule has 0 bridgehead atoms. The zero-order valence-corrected chi connectivity index (χ0v) is 18.6. The van der Waals surface area contributed by atoms with E-state index in [9.17, 15) is 8.42 Å². The van der Waals surface area contributed by atoms with Gasteiger partial charge in [-0.1, -0.05) is 12.1 Å². The molecule has 0 radical (unpaired) electrons. The average Bonchev–Trinajstić information content (AvgIpc) is 2.66. The van der Waals surface area contributed by atoms with Crippen LogP contribution in [0.3, 0.4) is 0 Å². The fourth-order valence-electron chi connectivity index (χ4n) is 3.62. The van der Waals surface area contributed by atoms with Crippen LogP contribution in [-0.2, 0) is 16.3 Å². The number of halogens is 1. The van der Waals surface area contributed by atoms with Gasteiger partial charge in [-0.15, -0.1) is 12.4 Å². The lowest BCUT2D eigenvalue weighted by molar-refractivity contribution is 0.262. The number of likely N-dealkylation sites (N-methyl/N-ethyl adjacent to an activating group) is 1. The van der Waals surface area contributed by atoms with Crippen LogP contribution in [-0.4, -0.2) is 46.4 Å². The molecule has 0 saturated heterocycles. The number of hydrogen-bond donors (Lipinski definition) is 0. The number of sulfone groups is 1. The zero-order chi connectivity index (χ0) is 19.8. The minimum absolute atomic E-state index is 0. The second kappa shape index (κ2) is 8.72. The van der Waals surface area contributed by atoms with Crippen LogP contribution in [0.15, 0.2) is 41.3 Å². The minimum Gasteiger partial charge on any atom is -0.493 e. The van der Waals surface area contributed by atoms with Crippen molar-refractivity contribution in [1.29, 1.82) is 0 Å². The largest absolute Gasteiger partial charge is 0.493 e. The van der Waals surface area contributed by atoms with Gasteiger partial charge in [0.2, 0.25) is 0 Å². The maximum absolute atomic E-state index is 12.4. The molecule has 1 aliphatic heterocycles. The summed E-state index contributed by atoms with van der Waals surface area (Å²) in [5.41, 5.74) is 3.46. The van der Waals surface area contributed by atoms with Crippen LogP contribution in [0.5, 0.6) is 11.5 Å². The summed E-state index contributed by atoms with van der Waals surface area (Å²) in [5, 5.41) is -0.432. The number of hydrogen-bond acceptors (Lipinski definition) is 5. The summed E-state index contributed by atoms with van der Waals surface area (Å²) >= 11 is 0. The number of fused-ring (bicyclic) bond motifs is 1. The highest BCUT2D eigenvalue weighted by Crippen LogP contribution is 2.40. The van der Waals surface area contributed by atoms with Crippen molar-refractivity contribution in [2.24, 2.45) is 0 Å². The molecule has 0 amide bonds. The van der Waals surface area contributed by atoms with Gasteiger partial charge in [0.25, 0.3) is 0 Å². The van der Waals surface area contributed by atoms with E-state index in [1.54, 1.807) is 40.2 Å². The molecular weight excluding hydrogens is 398 g/mol. The Bertz CT molecular complexity index is 926. The van der Waals surface area contributed by atoms with Crippen LogP contribution in [0.2, 0.25) is 0 Å². The van der Waals surface area contributed by atoms with Gasteiger partial charge in [0.15, 0.2) is 21.3 Å². The Kier molecular flexibility index (Phi) is 7.02. The molecule has 0 aromatic heterocycles. The summed E-state index contributed by atoms with van der Waals surface area (Å²) in [5.74, 6) is 1.44. The molecule has 2 aromatic carbocycles. The lowest BCUT2D eigenvalue weighted by Gasteiger charge is -2.35. The van der Waals surface area contributed by atoms with E-state index in [0.717, 1.165) is 24.3 Å². The van der Waals surface area contributed by atoms with E-state index in [1.807, 2.05) is 24.3 Å². The summed E-state index contributed by atoms with van der Waals surface area (Å²) in [6.45, 7) is 4.32. The maximum Gasteiger partial charge on any atom is 0.180 e. The fraction of sp³-hybridized carbons (Fsp3) is 0.429. The third-order valence-electron chi connectivity index (χ3n) is 5.26. The van der Waals surface area contributed by atoms with Crippen molar-refractivity contribution in [3.8, 4) is 11.5 Å². The molecule has 1 atom stereocenters. The molecular formula is C21H28ClNO4S. The Morgan fingerprint density at radius 3 is 2.14 bits per heavy atom. The molecule has 0 N–H and O–H groups in total. The first-order chi connectivity index (χ1) is 12.8. The molecule has 5 nitrogen and oxygen atoms in total. The number of benzene rings is 2. The second-order valence-corrected chi connectivity index (χ2v) is 9.71. The van der Waals surface area contributed by atoms with E-state index in [2.05, 4.69) is 11.9 Å². The third-order valence-corrected chi connectivity index (χ3v) is 7.43. The molecule has 2 aromatic rings. The van der Waals surface area contributed by atoms with Crippen LogP contribution in [0.25, 0.3) is 0 Å². The van der Waals surface area contributed by atoms with Crippen LogP contribution in [0, 0.1) is 0 Å². The first kappa shape index (κ1) is 22.5. The predicted octanol–water partition coefficient (Wildman–Crippen LogP) is 3.89. The van der Waals surface area contributed by atoms with E-state index < -0.39 is 15.1 Å². The summed E-state index contributed by atoms with van der Waals surface area (Å²) in [7, 11) is 2.10. The van der Waals surface area contributed by atoms with Gasteiger partial charge in [0.05, 0.1) is 30.4 Å². The highest BCUT2D eigenvalue weighted by Gasteiger charge is 2.28. The van der Waals surface area contributed by atoms with Gasteiger partial charge in [0, 0.05) is 6.54 Å². The van der Waals surface area contributed by atoms with Crippen molar-refractivity contribution in [2.75, 3.05) is 27.8 Å². The molecule has 0 aliphatic carbocycles. The number of rotatable bonds is 5. The molecule has 3 rings (SSSR count). The van der Waals surface area contributed by atoms with Crippen molar-refractivity contribution >= 4 is 22.2 Å². The summed E-state index contributed by atoms with van der Waals surface area (Å²) in [6.07, 6.45) is 0.933. The second-order valence-electron chi connectivity index (χ2n) is 7.20. The van der Waals surface area contributed by atoms with E-state index in [4.69, 9.17) is 9.47 Å². The van der Waals surface area contributed by atoms with Gasteiger partial charge in [0.1, 0.15) is 0 Å². The van der Waals surface area contributed by atoms with E-state index >= 15 is 0 Å². The van der Waals surface area contributed by atoms with Crippen LogP contribution < -0.4 is 9.47 Å². The van der Waals surface area contributed by atoms with Gasteiger partial charge < -0.3 is 9.47 Å². The Morgan fingerprint density at radius 2 is 1.61 bits per heavy atom. The molecule has 28 heavy (non-hydrogen) atoms. The maximum atomic E-state index is 12.4. The third kappa shape index (κ3) is 4.00. The van der Waals surface area contributed by atoms with Crippen LogP contribution in [0.4, 0.5) is 0 Å². The molecule has 1 aliphatic rings. The molecule has 0 saturated carbocycles. The van der Waals surface area contributed by atoms with Gasteiger partial charge in [-0.05, 0) is 68.3 Å². The standard InChI is InChI=1S/C21H27NO4S.ClH/c1-14(2)27(23,24)17-8-6-15(7-9-17)21-18-13-20(26-5)19(25-4)12-16(18)10-11-22(21)3;/h6-9,12-14,21H,10-11H2,1-5H3;1H. The number of ether oxygens (including phenoxy) is 2. The van der Waals surface area contributed by atoms with Gasteiger partial charge in [-0.25, -0.2) is 8.42 Å². The quantitative estimate of drug-likeness (QED) is 0.727. The number of nitrogens with zero attached hydrogens (tertiary/aromatic N) is 1. The molecule has 7 heteroatoms. The Hall–Kier alpha value is -1.76. The van der Waals surface area contributed by atoms with Crippen LogP contribution in [0.1, 0.15) is 36.6 Å². The lowest BCUT2D eigenvalue weighted by atomic mass is 9.88. The minimum atomic E-state index is -3.27. The molecule has 0 fully saturated rings. The van der Waals surface area contributed by atoms with Gasteiger partial charge in [-0.3, -0.25) is 4.90 Å². The predicted molar refractivity (Wildman–Crippen MR) is 114 cm³/mol. The SMILES string of the molecule is COc1cc2c(cc1OC)C(c1ccc(S(=O)(=O)C(C)C)cc1)N(C)CC2.Cl.